The first-order valence-electron chi connectivity index (χ1n) is 7.77. The molecule has 0 spiro atoms. The number of hydrogen-bond acceptors (Lipinski definition) is 4. The lowest BCUT2D eigenvalue weighted by Gasteiger charge is -2.08. The van der Waals surface area contributed by atoms with E-state index in [1.807, 2.05) is 37.3 Å². The van der Waals surface area contributed by atoms with Crippen LogP contribution in [0.15, 0.2) is 59.0 Å². The Balaban J connectivity index is 1.73. The fraction of sp³-hybridized carbons (Fsp3) is 0.0526. The average Bonchev–Trinajstić information content (AvgIpc) is 3.22. The van der Waals surface area contributed by atoms with Crippen LogP contribution < -0.4 is 5.32 Å². The van der Waals surface area contributed by atoms with Crippen molar-refractivity contribution in [3.8, 4) is 17.5 Å². The van der Waals surface area contributed by atoms with E-state index >= 15 is 0 Å². The number of nitrogens with one attached hydrogen (secondary N) is 2. The molecule has 1 amide bonds. The third kappa shape index (κ3) is 2.74. The molecule has 0 saturated heterocycles. The normalized spacial score (nSPS) is 10.9. The van der Waals surface area contributed by atoms with Crippen LogP contribution in [0.1, 0.15) is 15.9 Å². The molecule has 25 heavy (non-hydrogen) atoms. The predicted molar refractivity (Wildman–Crippen MR) is 94.6 cm³/mol. The summed E-state index contributed by atoms with van der Waals surface area (Å²) in [5.74, 6) is 0.429. The first-order chi connectivity index (χ1) is 12.1. The highest BCUT2D eigenvalue weighted by atomic mass is 16.5. The summed E-state index contributed by atoms with van der Waals surface area (Å²) in [6.07, 6.45) is 0. The number of para-hydroxylation sites is 2. The first kappa shape index (κ1) is 15.0. The third-order valence-electron chi connectivity index (χ3n) is 3.98. The molecule has 2 aromatic carbocycles. The van der Waals surface area contributed by atoms with Gasteiger partial charge in [-0.25, -0.2) is 4.98 Å². The molecule has 3 N–H and O–H groups in total. The van der Waals surface area contributed by atoms with Gasteiger partial charge in [-0.15, -0.1) is 0 Å². The number of fused-ring (bicyclic) bond motifs is 1. The number of rotatable bonds is 3. The summed E-state index contributed by atoms with van der Waals surface area (Å²) in [5.41, 5.74) is 3.45. The molecule has 4 rings (SSSR count). The minimum atomic E-state index is -0.236. The quantitative estimate of drug-likeness (QED) is 0.526. The van der Waals surface area contributed by atoms with Gasteiger partial charge in [-0.2, -0.15) is 0 Å². The molecule has 0 unspecified atom stereocenters. The van der Waals surface area contributed by atoms with Gasteiger partial charge in [0.1, 0.15) is 5.52 Å². The zero-order valence-corrected chi connectivity index (χ0v) is 13.4. The molecule has 0 saturated carbocycles. The van der Waals surface area contributed by atoms with E-state index < -0.39 is 0 Å². The maximum absolute atomic E-state index is 12.7. The van der Waals surface area contributed by atoms with Crippen molar-refractivity contribution in [1.82, 2.24) is 9.97 Å². The molecule has 0 aliphatic rings. The Morgan fingerprint density at radius 1 is 1.12 bits per heavy atom. The summed E-state index contributed by atoms with van der Waals surface area (Å²) in [5, 5.41) is 12.3. The minimum Gasteiger partial charge on any atom is -0.481 e. The summed E-state index contributed by atoms with van der Waals surface area (Å²) in [7, 11) is 0. The predicted octanol–water partition coefficient (Wildman–Crippen LogP) is 4.09. The molecule has 6 heteroatoms. The molecule has 0 atom stereocenters. The lowest BCUT2D eigenvalue weighted by Crippen LogP contribution is -2.13. The molecule has 2 heterocycles. The van der Waals surface area contributed by atoms with Crippen LogP contribution in [0.4, 0.5) is 5.69 Å². The highest BCUT2D eigenvalue weighted by molar-refractivity contribution is 6.12. The molecule has 2 aromatic heterocycles. The molecule has 0 bridgehead atoms. The van der Waals surface area contributed by atoms with Crippen LogP contribution in [0.25, 0.3) is 22.6 Å². The van der Waals surface area contributed by atoms with Gasteiger partial charge in [0.25, 0.3) is 11.9 Å². The highest BCUT2D eigenvalue weighted by Gasteiger charge is 2.16. The molecule has 0 radical (unpaired) electrons. The van der Waals surface area contributed by atoms with Crippen molar-refractivity contribution in [1.29, 1.82) is 0 Å². The van der Waals surface area contributed by atoms with E-state index in [2.05, 4.69) is 15.3 Å². The number of aromatic nitrogens is 2. The second kappa shape index (κ2) is 5.83. The van der Waals surface area contributed by atoms with E-state index in [1.54, 1.807) is 18.2 Å². The SMILES string of the molecule is Cc1ccccc1NC(=O)c1cccc2[nH]c(-c3ccc(O)o3)nc12. The van der Waals surface area contributed by atoms with E-state index in [0.717, 1.165) is 11.3 Å². The number of hydrogen-bond donors (Lipinski definition) is 3. The van der Waals surface area contributed by atoms with Crippen LogP contribution in [0.2, 0.25) is 0 Å². The van der Waals surface area contributed by atoms with Gasteiger partial charge < -0.3 is 19.8 Å². The van der Waals surface area contributed by atoms with Crippen molar-refractivity contribution in [2.45, 2.75) is 6.92 Å². The zero-order valence-electron chi connectivity index (χ0n) is 13.4. The van der Waals surface area contributed by atoms with Gasteiger partial charge in [-0.05, 0) is 36.8 Å². The van der Waals surface area contributed by atoms with Crippen LogP contribution in [-0.2, 0) is 0 Å². The number of aryl methyl sites for hydroxylation is 1. The van der Waals surface area contributed by atoms with E-state index in [-0.39, 0.29) is 11.9 Å². The maximum Gasteiger partial charge on any atom is 0.282 e. The second-order valence-corrected chi connectivity index (χ2v) is 5.69. The van der Waals surface area contributed by atoms with Crippen LogP contribution in [0, 0.1) is 6.92 Å². The molecule has 0 fully saturated rings. The molecular formula is C19H15N3O3. The fourth-order valence-electron chi connectivity index (χ4n) is 2.69. The average molecular weight is 333 g/mol. The van der Waals surface area contributed by atoms with E-state index in [0.29, 0.717) is 28.2 Å². The molecule has 0 aliphatic carbocycles. The minimum absolute atomic E-state index is 0.187. The van der Waals surface area contributed by atoms with Crippen molar-refractivity contribution in [2.75, 3.05) is 5.32 Å². The number of anilines is 1. The van der Waals surface area contributed by atoms with Crippen LogP contribution in [0.3, 0.4) is 0 Å². The van der Waals surface area contributed by atoms with Gasteiger partial charge in [0, 0.05) is 11.8 Å². The number of carbonyl (C=O) groups is 1. The Labute approximate surface area is 143 Å². The van der Waals surface area contributed by atoms with E-state index in [1.165, 1.54) is 6.07 Å². The Morgan fingerprint density at radius 3 is 2.72 bits per heavy atom. The summed E-state index contributed by atoms with van der Waals surface area (Å²) >= 11 is 0. The summed E-state index contributed by atoms with van der Waals surface area (Å²) in [4.78, 5) is 20.3. The lowest BCUT2D eigenvalue weighted by atomic mass is 10.1. The largest absolute Gasteiger partial charge is 0.481 e. The standard InChI is InChI=1S/C19H15N3O3/c1-11-5-2-3-7-13(11)21-19(24)12-6-4-8-14-17(12)22-18(20-14)15-9-10-16(23)25-15/h2-10,23H,1H3,(H,20,22)(H,21,24). The molecular weight excluding hydrogens is 318 g/mol. The number of imidazole rings is 1. The fourth-order valence-corrected chi connectivity index (χ4v) is 2.69. The smallest absolute Gasteiger partial charge is 0.282 e. The van der Waals surface area contributed by atoms with E-state index in [4.69, 9.17) is 4.42 Å². The number of amides is 1. The molecule has 124 valence electrons. The Kier molecular flexibility index (Phi) is 3.50. The number of H-pyrrole nitrogens is 1. The van der Waals surface area contributed by atoms with Crippen molar-refractivity contribution >= 4 is 22.6 Å². The van der Waals surface area contributed by atoms with Gasteiger partial charge in [0.2, 0.25) is 0 Å². The van der Waals surface area contributed by atoms with Crippen LogP contribution in [0.5, 0.6) is 5.95 Å². The molecule has 6 nitrogen and oxygen atoms in total. The van der Waals surface area contributed by atoms with Gasteiger partial charge >= 0.3 is 0 Å². The van der Waals surface area contributed by atoms with Crippen molar-refractivity contribution in [3.63, 3.8) is 0 Å². The Bertz CT molecular complexity index is 1080. The van der Waals surface area contributed by atoms with E-state index in [9.17, 15) is 9.90 Å². The Hall–Kier alpha value is -3.54. The van der Waals surface area contributed by atoms with Crippen molar-refractivity contribution < 1.29 is 14.3 Å². The Morgan fingerprint density at radius 2 is 1.96 bits per heavy atom. The summed E-state index contributed by atoms with van der Waals surface area (Å²) in [6, 6.07) is 16.0. The third-order valence-corrected chi connectivity index (χ3v) is 3.98. The monoisotopic (exact) mass is 333 g/mol. The number of aromatic hydroxyl groups is 1. The maximum atomic E-state index is 12.7. The number of carbonyl (C=O) groups excluding carboxylic acids is 1. The first-order valence-corrected chi connectivity index (χ1v) is 7.77. The molecule has 4 aromatic rings. The lowest BCUT2D eigenvalue weighted by molar-refractivity contribution is 0.102. The topological polar surface area (TPSA) is 91.2 Å². The van der Waals surface area contributed by atoms with Crippen LogP contribution >= 0.6 is 0 Å². The highest BCUT2D eigenvalue weighted by Crippen LogP contribution is 2.27. The molecule has 0 aliphatic heterocycles. The van der Waals surface area contributed by atoms with Gasteiger partial charge in [-0.1, -0.05) is 24.3 Å². The van der Waals surface area contributed by atoms with Gasteiger partial charge in [0.15, 0.2) is 11.6 Å². The number of aromatic amines is 1. The number of nitrogens with zero attached hydrogens (tertiary/aromatic N) is 1. The van der Waals surface area contributed by atoms with Gasteiger partial charge in [0.05, 0.1) is 11.1 Å². The van der Waals surface area contributed by atoms with Crippen LogP contribution in [-0.4, -0.2) is 21.0 Å². The summed E-state index contributed by atoms with van der Waals surface area (Å²) < 4.78 is 5.17. The van der Waals surface area contributed by atoms with Crippen molar-refractivity contribution in [2.24, 2.45) is 0 Å². The van der Waals surface area contributed by atoms with Gasteiger partial charge in [-0.3, -0.25) is 4.79 Å². The van der Waals surface area contributed by atoms with Crippen molar-refractivity contribution in [3.05, 3.63) is 65.7 Å². The number of furan rings is 1. The number of benzene rings is 2. The summed E-state index contributed by atoms with van der Waals surface area (Å²) in [6.45, 7) is 1.94. The second-order valence-electron chi connectivity index (χ2n) is 5.69. The zero-order chi connectivity index (χ0) is 17.4.